The molecule has 0 amide bonds. The number of rotatable bonds is 5. The van der Waals surface area contributed by atoms with Crippen LogP contribution in [0.2, 0.25) is 0 Å². The number of nitrogens with zero attached hydrogens (tertiary/aromatic N) is 3. The van der Waals surface area contributed by atoms with Crippen LogP contribution in [-0.4, -0.2) is 32.2 Å². The molecule has 4 aromatic rings. The zero-order chi connectivity index (χ0) is 22.4. The molecule has 0 atom stereocenters. The van der Waals surface area contributed by atoms with E-state index in [1.807, 2.05) is 48.1 Å². The fraction of sp³-hybridized carbons (Fsp3) is 0.150. The van der Waals surface area contributed by atoms with Gasteiger partial charge in [0.15, 0.2) is 0 Å². The first-order chi connectivity index (χ1) is 14.8. The molecule has 2 heterocycles. The van der Waals surface area contributed by atoms with Crippen molar-refractivity contribution in [3.05, 3.63) is 60.8 Å². The Morgan fingerprint density at radius 1 is 1.03 bits per heavy atom. The van der Waals surface area contributed by atoms with E-state index in [4.69, 9.17) is 4.74 Å². The summed E-state index contributed by atoms with van der Waals surface area (Å²) in [5.74, 6) is 0. The van der Waals surface area contributed by atoms with Crippen LogP contribution in [0.3, 0.4) is 0 Å². The number of azo groups is 1. The number of ether oxygens (including phenoxy) is 1. The SMILES string of the molecule is COS(=O)(=O)[O-].COc1c[n+](C)c(N=Nc2c(-c3ccccc3)[nH]c3ccccc23)s1. The molecule has 162 valence electrons. The van der Waals surface area contributed by atoms with Crippen molar-refractivity contribution in [2.24, 2.45) is 17.3 Å². The van der Waals surface area contributed by atoms with Crippen molar-refractivity contribution >= 4 is 43.5 Å². The summed E-state index contributed by atoms with van der Waals surface area (Å²) in [4.78, 5) is 3.47. The summed E-state index contributed by atoms with van der Waals surface area (Å²) in [5, 5.41) is 11.7. The standard InChI is InChI=1S/C19H16N4OS.CH4O4S/c1-23-12-16(24-2)25-19(23)22-21-18-14-10-6-7-11-15(14)20-17(18)13-8-4-3-5-9-13;1-5-6(2,3)4/h3-12H,1-2H3;1H3,(H,2,3,4). The lowest BCUT2D eigenvalue weighted by atomic mass is 10.1. The Bertz CT molecular complexity index is 1300. The molecule has 1 N–H and O–H groups in total. The van der Waals surface area contributed by atoms with Crippen molar-refractivity contribution in [2.75, 3.05) is 14.2 Å². The van der Waals surface area contributed by atoms with Gasteiger partial charge >= 0.3 is 5.13 Å². The van der Waals surface area contributed by atoms with Crippen molar-refractivity contribution in [1.29, 1.82) is 0 Å². The summed E-state index contributed by atoms with van der Waals surface area (Å²) in [7, 11) is -0.0202. The zero-order valence-corrected chi connectivity index (χ0v) is 18.6. The van der Waals surface area contributed by atoms with Gasteiger partial charge in [0, 0.05) is 16.5 Å². The third-order valence-corrected chi connectivity index (χ3v) is 5.61. The zero-order valence-electron chi connectivity index (χ0n) is 17.0. The number of hydrogen-bond donors (Lipinski definition) is 1. The highest BCUT2D eigenvalue weighted by atomic mass is 32.3. The van der Waals surface area contributed by atoms with Gasteiger partial charge in [-0.2, -0.15) is 0 Å². The minimum absolute atomic E-state index is 0.779. The van der Waals surface area contributed by atoms with Crippen LogP contribution in [-0.2, 0) is 21.6 Å². The Balaban J connectivity index is 0.000000401. The van der Waals surface area contributed by atoms with Crippen LogP contribution in [0.15, 0.2) is 71.0 Å². The molecule has 0 saturated carbocycles. The van der Waals surface area contributed by atoms with Crippen LogP contribution in [0, 0.1) is 0 Å². The van der Waals surface area contributed by atoms with Crippen molar-refractivity contribution in [2.45, 2.75) is 0 Å². The first-order valence-electron chi connectivity index (χ1n) is 8.95. The number of aromatic amines is 1. The third-order valence-electron chi connectivity index (χ3n) is 4.17. The molecule has 0 unspecified atom stereocenters. The van der Waals surface area contributed by atoms with E-state index in [1.54, 1.807) is 7.11 Å². The van der Waals surface area contributed by atoms with Crippen LogP contribution in [0.4, 0.5) is 10.8 Å². The summed E-state index contributed by atoms with van der Waals surface area (Å²) in [6, 6.07) is 18.3. The van der Waals surface area contributed by atoms with Crippen molar-refractivity contribution in [1.82, 2.24) is 4.98 Å². The van der Waals surface area contributed by atoms with Crippen LogP contribution >= 0.6 is 11.3 Å². The number of hydrogen-bond acceptors (Lipinski definition) is 8. The van der Waals surface area contributed by atoms with E-state index < -0.39 is 10.4 Å². The Hall–Kier alpha value is -3.12. The van der Waals surface area contributed by atoms with Gasteiger partial charge in [-0.05, 0) is 22.5 Å². The molecular formula is C20H20N4O5S2. The van der Waals surface area contributed by atoms with E-state index in [-0.39, 0.29) is 0 Å². The molecule has 0 radical (unpaired) electrons. The number of aryl methyl sites for hydroxylation is 1. The highest BCUT2D eigenvalue weighted by molar-refractivity contribution is 7.80. The van der Waals surface area contributed by atoms with Crippen LogP contribution in [0.1, 0.15) is 0 Å². The normalized spacial score (nSPS) is 11.5. The lowest BCUT2D eigenvalue weighted by molar-refractivity contribution is -0.654. The third kappa shape index (κ3) is 5.73. The molecular weight excluding hydrogens is 440 g/mol. The Morgan fingerprint density at radius 3 is 2.29 bits per heavy atom. The molecule has 2 aromatic heterocycles. The quantitative estimate of drug-likeness (QED) is 0.207. The first kappa shape index (κ1) is 22.6. The summed E-state index contributed by atoms with van der Waals surface area (Å²) in [5.41, 5.74) is 3.94. The van der Waals surface area contributed by atoms with Crippen LogP contribution in [0.5, 0.6) is 5.06 Å². The molecule has 11 heteroatoms. The number of methoxy groups -OCH3 is 1. The van der Waals surface area contributed by atoms with Gasteiger partial charge in [0.05, 0.1) is 32.1 Å². The topological polar surface area (TPSA) is 120 Å². The van der Waals surface area contributed by atoms with Crippen LogP contribution in [0.25, 0.3) is 22.2 Å². The van der Waals surface area contributed by atoms with E-state index in [0.29, 0.717) is 0 Å². The van der Waals surface area contributed by atoms with Gasteiger partial charge in [0.25, 0.3) is 0 Å². The minimum Gasteiger partial charge on any atom is -0.726 e. The predicted octanol–water partition coefficient (Wildman–Crippen LogP) is 4.24. The number of fused-ring (bicyclic) bond motifs is 1. The Labute approximate surface area is 183 Å². The van der Waals surface area contributed by atoms with Crippen molar-refractivity contribution < 1.29 is 26.5 Å². The number of benzene rings is 2. The Morgan fingerprint density at radius 2 is 1.68 bits per heavy atom. The molecule has 0 bridgehead atoms. The van der Waals surface area contributed by atoms with Crippen molar-refractivity contribution in [3.8, 4) is 16.3 Å². The fourth-order valence-corrected chi connectivity index (χ4v) is 3.48. The minimum atomic E-state index is -4.41. The molecule has 0 saturated heterocycles. The van der Waals surface area contributed by atoms with Gasteiger partial charge in [0.2, 0.25) is 15.5 Å². The second kappa shape index (κ2) is 9.79. The summed E-state index contributed by atoms with van der Waals surface area (Å²) in [6.45, 7) is 0. The molecule has 0 fully saturated rings. The van der Waals surface area contributed by atoms with Gasteiger partial charge in [0.1, 0.15) is 11.9 Å². The van der Waals surface area contributed by atoms with Gasteiger partial charge in [-0.15, -0.1) is 0 Å². The molecule has 0 aliphatic carbocycles. The molecule has 0 aliphatic rings. The van der Waals surface area contributed by atoms with Gasteiger partial charge < -0.3 is 14.3 Å². The summed E-state index contributed by atoms with van der Waals surface area (Å²) in [6.07, 6.45) is 1.90. The molecule has 9 nitrogen and oxygen atoms in total. The van der Waals surface area contributed by atoms with E-state index in [2.05, 4.69) is 43.7 Å². The van der Waals surface area contributed by atoms with Crippen molar-refractivity contribution in [3.63, 3.8) is 0 Å². The smallest absolute Gasteiger partial charge is 0.411 e. The number of thiazole rings is 1. The molecule has 0 spiro atoms. The average molecular weight is 461 g/mol. The predicted molar refractivity (Wildman–Crippen MR) is 117 cm³/mol. The lowest BCUT2D eigenvalue weighted by Gasteiger charge is -1.98. The molecule has 0 aliphatic heterocycles. The highest BCUT2D eigenvalue weighted by Gasteiger charge is 2.17. The van der Waals surface area contributed by atoms with Gasteiger partial charge in [-0.1, -0.05) is 48.5 Å². The first-order valence-corrected chi connectivity index (χ1v) is 11.1. The number of H-pyrrole nitrogens is 1. The maximum Gasteiger partial charge on any atom is 0.411 e. The maximum atomic E-state index is 9.22. The second-order valence-corrected chi connectivity index (χ2v) is 8.30. The lowest BCUT2D eigenvalue weighted by Crippen LogP contribution is -2.23. The second-order valence-electron chi connectivity index (χ2n) is 6.18. The molecule has 2 aromatic carbocycles. The van der Waals surface area contributed by atoms with E-state index in [9.17, 15) is 13.0 Å². The molecule has 31 heavy (non-hydrogen) atoms. The van der Waals surface area contributed by atoms with Gasteiger partial charge in [-0.3, -0.25) is 4.18 Å². The number of aromatic nitrogens is 2. The maximum absolute atomic E-state index is 9.22. The highest BCUT2D eigenvalue weighted by Crippen LogP contribution is 2.38. The monoisotopic (exact) mass is 460 g/mol. The molecule has 4 rings (SSSR count). The van der Waals surface area contributed by atoms with E-state index in [0.717, 1.165) is 45.2 Å². The van der Waals surface area contributed by atoms with E-state index in [1.165, 1.54) is 11.3 Å². The van der Waals surface area contributed by atoms with E-state index >= 15 is 0 Å². The van der Waals surface area contributed by atoms with Gasteiger partial charge in [-0.25, -0.2) is 13.0 Å². The average Bonchev–Trinajstić information content (AvgIpc) is 3.32. The number of nitrogens with one attached hydrogen (secondary N) is 1. The largest absolute Gasteiger partial charge is 0.726 e. The Kier molecular flexibility index (Phi) is 7.13. The van der Waals surface area contributed by atoms with Crippen LogP contribution < -0.4 is 9.30 Å². The summed E-state index contributed by atoms with van der Waals surface area (Å²) < 4.78 is 38.2. The summed E-state index contributed by atoms with van der Waals surface area (Å²) >= 11 is 1.46. The fourth-order valence-electron chi connectivity index (χ4n) is 2.72. The number of para-hydroxylation sites is 1.